The molecule has 0 aliphatic heterocycles. The van der Waals surface area contributed by atoms with Crippen molar-refractivity contribution in [1.82, 2.24) is 4.98 Å². The van der Waals surface area contributed by atoms with E-state index in [1.165, 1.54) is 43.8 Å². The largest absolute Gasteiger partial charge is 0.454 e. The zero-order valence-corrected chi connectivity index (χ0v) is 25.0. The lowest BCUT2D eigenvalue weighted by Gasteiger charge is -2.26. The summed E-state index contributed by atoms with van der Waals surface area (Å²) in [5, 5.41) is 6.03. The molecule has 2 aromatic heterocycles. The van der Waals surface area contributed by atoms with Gasteiger partial charge in [-0.15, -0.1) is 0 Å². The highest BCUT2D eigenvalue weighted by Gasteiger charge is 2.20. The topological polar surface area (TPSA) is 29.3 Å². The first-order valence-electron chi connectivity index (χ1n) is 15.5. The van der Waals surface area contributed by atoms with Crippen molar-refractivity contribution in [1.29, 1.82) is 0 Å². The van der Waals surface area contributed by atoms with E-state index in [4.69, 9.17) is 9.40 Å². The highest BCUT2D eigenvalue weighted by atomic mass is 16.3. The van der Waals surface area contributed by atoms with Gasteiger partial charge in [0, 0.05) is 17.6 Å². The van der Waals surface area contributed by atoms with Crippen LogP contribution in [0.2, 0.25) is 0 Å². The zero-order chi connectivity index (χ0) is 30.5. The minimum atomic E-state index is 0.780. The number of benzene rings is 7. The van der Waals surface area contributed by atoms with Gasteiger partial charge in [0.05, 0.1) is 11.1 Å². The average Bonchev–Trinajstić information content (AvgIpc) is 3.52. The Bertz CT molecular complexity index is 2510. The molecule has 216 valence electrons. The number of fused-ring (bicyclic) bond motifs is 6. The van der Waals surface area contributed by atoms with Gasteiger partial charge in [-0.25, -0.2) is 0 Å². The minimum absolute atomic E-state index is 0.780. The molecule has 0 aliphatic carbocycles. The third-order valence-electron chi connectivity index (χ3n) is 8.91. The number of aromatic nitrogens is 1. The minimum Gasteiger partial charge on any atom is -0.454 e. The average molecular weight is 589 g/mol. The fraction of sp³-hybridized carbons (Fsp3) is 0. The summed E-state index contributed by atoms with van der Waals surface area (Å²) >= 11 is 0. The number of anilines is 3. The molecular weight excluding hydrogens is 560 g/mol. The number of hydrogen-bond donors (Lipinski definition) is 0. The molecule has 0 unspecified atom stereocenters. The third-order valence-corrected chi connectivity index (χ3v) is 8.91. The van der Waals surface area contributed by atoms with Crippen molar-refractivity contribution in [2.24, 2.45) is 0 Å². The van der Waals surface area contributed by atoms with E-state index in [0.717, 1.165) is 39.1 Å². The van der Waals surface area contributed by atoms with E-state index >= 15 is 0 Å². The lowest BCUT2D eigenvalue weighted by atomic mass is 9.93. The number of furan rings is 1. The Kier molecular flexibility index (Phi) is 6.14. The first kappa shape index (κ1) is 26.2. The normalized spacial score (nSPS) is 11.5. The molecule has 9 rings (SSSR count). The molecule has 3 nitrogen and oxygen atoms in total. The maximum atomic E-state index is 6.26. The van der Waals surface area contributed by atoms with Gasteiger partial charge < -0.3 is 9.32 Å². The predicted molar refractivity (Wildman–Crippen MR) is 192 cm³/mol. The maximum Gasteiger partial charge on any atom is 0.153 e. The summed E-state index contributed by atoms with van der Waals surface area (Å²) in [6, 6.07) is 58.0. The van der Waals surface area contributed by atoms with Crippen LogP contribution in [-0.2, 0) is 0 Å². The van der Waals surface area contributed by atoms with Crippen LogP contribution in [0.25, 0.3) is 65.9 Å². The van der Waals surface area contributed by atoms with Crippen LogP contribution >= 0.6 is 0 Å². The maximum absolute atomic E-state index is 6.26. The Hall–Kier alpha value is -6.19. The Labute approximate surface area is 266 Å². The van der Waals surface area contributed by atoms with Crippen molar-refractivity contribution in [3.05, 3.63) is 170 Å². The lowest BCUT2D eigenvalue weighted by Crippen LogP contribution is -2.10. The molecule has 0 N–H and O–H groups in total. The molecule has 0 saturated carbocycles. The van der Waals surface area contributed by atoms with E-state index in [1.54, 1.807) is 0 Å². The Balaban J connectivity index is 1.22. The molecule has 9 aromatic rings. The Morgan fingerprint density at radius 2 is 1.09 bits per heavy atom. The molecule has 46 heavy (non-hydrogen) atoms. The van der Waals surface area contributed by atoms with Gasteiger partial charge in [-0.2, -0.15) is 0 Å². The number of pyridine rings is 1. The van der Waals surface area contributed by atoms with Gasteiger partial charge in [0.2, 0.25) is 0 Å². The van der Waals surface area contributed by atoms with Crippen molar-refractivity contribution in [2.45, 2.75) is 0 Å². The molecule has 0 radical (unpaired) electrons. The lowest BCUT2D eigenvalue weighted by molar-refractivity contribution is 0.668. The molecule has 0 spiro atoms. The van der Waals surface area contributed by atoms with E-state index in [0.29, 0.717) is 0 Å². The van der Waals surface area contributed by atoms with Crippen molar-refractivity contribution < 1.29 is 4.42 Å². The molecule has 0 bridgehead atoms. The number of hydrogen-bond acceptors (Lipinski definition) is 3. The molecule has 0 fully saturated rings. The molecule has 2 heterocycles. The highest BCUT2D eigenvalue weighted by Crippen LogP contribution is 2.43. The summed E-state index contributed by atoms with van der Waals surface area (Å²) in [7, 11) is 0. The number of rotatable bonds is 5. The summed E-state index contributed by atoms with van der Waals surface area (Å²) in [6.45, 7) is 0. The monoisotopic (exact) mass is 588 g/mol. The summed E-state index contributed by atoms with van der Waals surface area (Å²) in [4.78, 5) is 7.05. The SMILES string of the molecule is c1ccc(-c2ccc(N(c3ccc(-c4cc5ccccc5c5ccccc45)cc3)c3cccc4oc5cccnc5c34)cc2)cc1. The Morgan fingerprint density at radius 3 is 1.87 bits per heavy atom. The summed E-state index contributed by atoms with van der Waals surface area (Å²) in [5.74, 6) is 0. The third kappa shape index (κ3) is 4.33. The fourth-order valence-electron chi connectivity index (χ4n) is 6.75. The second kappa shape index (κ2) is 10.8. The molecule has 0 amide bonds. The van der Waals surface area contributed by atoms with E-state index < -0.39 is 0 Å². The molecule has 0 saturated heterocycles. The summed E-state index contributed by atoms with van der Waals surface area (Å²) < 4.78 is 6.26. The molecule has 0 atom stereocenters. The number of nitrogens with zero attached hydrogens (tertiary/aromatic N) is 2. The standard InChI is InChI=1S/C43H28N2O/c1-2-10-29(11-3-1)30-19-23-33(24-20-30)45(39-16-8-17-40-42(39)43-41(46-40)18-9-27-44-43)34-25-21-31(22-26-34)38-28-32-12-4-5-13-35(32)36-14-6-7-15-37(36)38/h1-28H. The van der Waals surface area contributed by atoms with E-state index in [2.05, 4.69) is 144 Å². The van der Waals surface area contributed by atoms with Crippen LogP contribution < -0.4 is 4.90 Å². The van der Waals surface area contributed by atoms with E-state index in [-0.39, 0.29) is 0 Å². The Morgan fingerprint density at radius 1 is 0.457 bits per heavy atom. The summed E-state index contributed by atoms with van der Waals surface area (Å²) in [5.41, 5.74) is 10.4. The van der Waals surface area contributed by atoms with Crippen LogP contribution in [0.15, 0.2) is 174 Å². The smallest absolute Gasteiger partial charge is 0.153 e. The van der Waals surface area contributed by atoms with Crippen LogP contribution in [0, 0.1) is 0 Å². The van der Waals surface area contributed by atoms with E-state index in [9.17, 15) is 0 Å². The summed E-state index contributed by atoms with van der Waals surface area (Å²) in [6.07, 6.45) is 1.83. The van der Waals surface area contributed by atoms with E-state index in [1.807, 2.05) is 30.5 Å². The molecular formula is C43H28N2O. The quantitative estimate of drug-likeness (QED) is 0.187. The second-order valence-electron chi connectivity index (χ2n) is 11.6. The zero-order valence-electron chi connectivity index (χ0n) is 25.0. The van der Waals surface area contributed by atoms with Gasteiger partial charge in [-0.05, 0) is 98.4 Å². The highest BCUT2D eigenvalue weighted by molar-refractivity contribution is 6.14. The van der Waals surface area contributed by atoms with Crippen molar-refractivity contribution >= 4 is 60.7 Å². The van der Waals surface area contributed by atoms with Crippen LogP contribution in [-0.4, -0.2) is 4.98 Å². The second-order valence-corrected chi connectivity index (χ2v) is 11.6. The van der Waals surface area contributed by atoms with Gasteiger partial charge in [0.1, 0.15) is 11.1 Å². The van der Waals surface area contributed by atoms with Crippen molar-refractivity contribution in [3.63, 3.8) is 0 Å². The molecule has 0 aliphatic rings. The first-order valence-corrected chi connectivity index (χ1v) is 15.5. The van der Waals surface area contributed by atoms with Gasteiger partial charge in [0.25, 0.3) is 0 Å². The van der Waals surface area contributed by atoms with Crippen LogP contribution in [0.5, 0.6) is 0 Å². The van der Waals surface area contributed by atoms with Crippen LogP contribution in [0.3, 0.4) is 0 Å². The molecule has 7 aromatic carbocycles. The van der Waals surface area contributed by atoms with Gasteiger partial charge in [-0.3, -0.25) is 4.98 Å². The first-order chi connectivity index (χ1) is 22.8. The molecule has 3 heteroatoms. The fourth-order valence-corrected chi connectivity index (χ4v) is 6.75. The van der Waals surface area contributed by atoms with Crippen molar-refractivity contribution in [2.75, 3.05) is 4.90 Å². The van der Waals surface area contributed by atoms with Gasteiger partial charge in [-0.1, -0.05) is 109 Å². The van der Waals surface area contributed by atoms with Gasteiger partial charge in [0.15, 0.2) is 5.58 Å². The predicted octanol–water partition coefficient (Wildman–Crippen LogP) is 12.1. The van der Waals surface area contributed by atoms with Crippen molar-refractivity contribution in [3.8, 4) is 22.3 Å². The van der Waals surface area contributed by atoms with Gasteiger partial charge >= 0.3 is 0 Å². The van der Waals surface area contributed by atoms with Crippen LogP contribution in [0.1, 0.15) is 0 Å². The van der Waals surface area contributed by atoms with Crippen LogP contribution in [0.4, 0.5) is 17.1 Å².